The lowest BCUT2D eigenvalue weighted by Gasteiger charge is -2.15. The van der Waals surface area contributed by atoms with Crippen LogP contribution >= 0.6 is 15.9 Å². The summed E-state index contributed by atoms with van der Waals surface area (Å²) in [6.07, 6.45) is -0.969. The van der Waals surface area contributed by atoms with E-state index in [9.17, 15) is 14.3 Å². The van der Waals surface area contributed by atoms with Crippen molar-refractivity contribution in [3.05, 3.63) is 63.4 Å². The molecule has 0 saturated carbocycles. The number of halogens is 2. The molecule has 0 spiro atoms. The number of hydrogen-bond donors (Lipinski definition) is 3. The van der Waals surface area contributed by atoms with Gasteiger partial charge in [0.1, 0.15) is 5.82 Å². The molecule has 122 valence electrons. The minimum absolute atomic E-state index is 0.0100. The number of urea groups is 1. The number of benzene rings is 2. The highest BCUT2D eigenvalue weighted by atomic mass is 79.9. The zero-order valence-corrected chi connectivity index (χ0v) is 14.4. The van der Waals surface area contributed by atoms with E-state index >= 15 is 0 Å². The fourth-order valence-corrected chi connectivity index (χ4v) is 2.97. The predicted molar refractivity (Wildman–Crippen MR) is 92.0 cm³/mol. The molecular formula is C17H18BrFN2O2. The van der Waals surface area contributed by atoms with Crippen molar-refractivity contribution in [2.75, 3.05) is 11.9 Å². The van der Waals surface area contributed by atoms with Crippen molar-refractivity contribution in [1.29, 1.82) is 0 Å². The Kier molecular flexibility index (Phi) is 5.74. The quantitative estimate of drug-likeness (QED) is 0.748. The predicted octanol–water partition coefficient (Wildman–Crippen LogP) is 4.06. The molecule has 2 rings (SSSR count). The van der Waals surface area contributed by atoms with Crippen LogP contribution in [0.2, 0.25) is 0 Å². The Morgan fingerprint density at radius 3 is 2.52 bits per heavy atom. The third kappa shape index (κ3) is 4.77. The number of amides is 2. The van der Waals surface area contributed by atoms with Gasteiger partial charge in [-0.1, -0.05) is 28.1 Å². The highest BCUT2D eigenvalue weighted by Gasteiger charge is 2.12. The van der Waals surface area contributed by atoms with E-state index in [1.165, 1.54) is 18.2 Å². The highest BCUT2D eigenvalue weighted by molar-refractivity contribution is 9.10. The van der Waals surface area contributed by atoms with Crippen LogP contribution in [-0.4, -0.2) is 17.7 Å². The van der Waals surface area contributed by atoms with Gasteiger partial charge in [0, 0.05) is 16.7 Å². The first kappa shape index (κ1) is 17.4. The van der Waals surface area contributed by atoms with Crippen LogP contribution in [0.5, 0.6) is 0 Å². The van der Waals surface area contributed by atoms with Crippen LogP contribution < -0.4 is 10.6 Å². The second kappa shape index (κ2) is 7.57. The van der Waals surface area contributed by atoms with Gasteiger partial charge in [-0.2, -0.15) is 0 Å². The van der Waals surface area contributed by atoms with E-state index in [0.29, 0.717) is 5.56 Å². The van der Waals surface area contributed by atoms with Crippen LogP contribution in [-0.2, 0) is 0 Å². The Bertz CT molecular complexity index is 698. The summed E-state index contributed by atoms with van der Waals surface area (Å²) < 4.78 is 14.1. The van der Waals surface area contributed by atoms with Crippen molar-refractivity contribution in [2.45, 2.75) is 20.0 Å². The van der Waals surface area contributed by atoms with Gasteiger partial charge < -0.3 is 15.7 Å². The molecular weight excluding hydrogens is 363 g/mol. The topological polar surface area (TPSA) is 61.4 Å². The molecule has 0 bridgehead atoms. The number of aliphatic hydroxyl groups excluding tert-OH is 1. The van der Waals surface area contributed by atoms with Crippen molar-refractivity contribution in [2.24, 2.45) is 0 Å². The fraction of sp³-hybridized carbons (Fsp3) is 0.235. The number of hydrogen-bond acceptors (Lipinski definition) is 2. The van der Waals surface area contributed by atoms with Gasteiger partial charge in [-0.25, -0.2) is 9.18 Å². The van der Waals surface area contributed by atoms with E-state index in [1.54, 1.807) is 6.07 Å². The first-order valence-corrected chi connectivity index (χ1v) is 7.91. The van der Waals surface area contributed by atoms with Crippen LogP contribution in [0.3, 0.4) is 0 Å². The molecule has 3 N–H and O–H groups in total. The Morgan fingerprint density at radius 2 is 1.91 bits per heavy atom. The Balaban J connectivity index is 1.95. The van der Waals surface area contributed by atoms with Crippen molar-refractivity contribution >= 4 is 27.6 Å². The monoisotopic (exact) mass is 380 g/mol. The summed E-state index contributed by atoms with van der Waals surface area (Å²) in [6.45, 7) is 3.79. The Labute approximate surface area is 142 Å². The smallest absolute Gasteiger partial charge is 0.319 e. The van der Waals surface area contributed by atoms with E-state index in [0.717, 1.165) is 21.3 Å². The van der Waals surface area contributed by atoms with E-state index in [-0.39, 0.29) is 6.54 Å². The number of carbonyl (C=O) groups is 1. The van der Waals surface area contributed by atoms with Crippen molar-refractivity contribution < 1.29 is 14.3 Å². The molecule has 2 aromatic rings. The largest absolute Gasteiger partial charge is 0.387 e. The number of anilines is 1. The molecule has 0 aliphatic carbocycles. The number of carbonyl (C=O) groups excluding carboxylic acids is 1. The van der Waals surface area contributed by atoms with Crippen LogP contribution in [0.4, 0.5) is 14.9 Å². The lowest BCUT2D eigenvalue weighted by molar-refractivity contribution is 0.174. The molecule has 0 aliphatic heterocycles. The van der Waals surface area contributed by atoms with Crippen LogP contribution in [0.15, 0.2) is 40.9 Å². The number of aryl methyl sites for hydroxylation is 2. The fourth-order valence-electron chi connectivity index (χ4n) is 2.29. The van der Waals surface area contributed by atoms with Gasteiger partial charge in [-0.3, -0.25) is 0 Å². The number of nitrogens with one attached hydrogen (secondary N) is 2. The summed E-state index contributed by atoms with van der Waals surface area (Å²) in [7, 11) is 0. The zero-order valence-electron chi connectivity index (χ0n) is 12.9. The zero-order chi connectivity index (χ0) is 17.0. The van der Waals surface area contributed by atoms with Crippen LogP contribution in [0.25, 0.3) is 0 Å². The summed E-state index contributed by atoms with van der Waals surface area (Å²) in [6, 6.07) is 9.06. The highest BCUT2D eigenvalue weighted by Crippen LogP contribution is 2.25. The molecule has 6 heteroatoms. The van der Waals surface area contributed by atoms with Gasteiger partial charge in [-0.15, -0.1) is 0 Å². The average molecular weight is 381 g/mol. The molecule has 0 aliphatic rings. The van der Waals surface area contributed by atoms with Crippen LogP contribution in [0.1, 0.15) is 22.8 Å². The third-order valence-corrected chi connectivity index (χ3v) is 3.88. The van der Waals surface area contributed by atoms with Crippen molar-refractivity contribution in [3.63, 3.8) is 0 Å². The summed E-state index contributed by atoms with van der Waals surface area (Å²) in [5.74, 6) is -0.424. The average Bonchev–Trinajstić information content (AvgIpc) is 2.48. The molecule has 1 atom stereocenters. The van der Waals surface area contributed by atoms with E-state index in [1.807, 2.05) is 26.0 Å². The van der Waals surface area contributed by atoms with Crippen molar-refractivity contribution in [1.82, 2.24) is 5.32 Å². The van der Waals surface area contributed by atoms with Gasteiger partial charge in [0.2, 0.25) is 0 Å². The first-order valence-electron chi connectivity index (χ1n) is 7.12. The molecule has 0 heterocycles. The molecule has 4 nitrogen and oxygen atoms in total. The maximum Gasteiger partial charge on any atom is 0.319 e. The number of rotatable bonds is 4. The number of aliphatic hydroxyl groups is 1. The summed E-state index contributed by atoms with van der Waals surface area (Å²) in [4.78, 5) is 12.0. The minimum Gasteiger partial charge on any atom is -0.387 e. The van der Waals surface area contributed by atoms with Gasteiger partial charge in [0.15, 0.2) is 0 Å². The van der Waals surface area contributed by atoms with E-state index in [2.05, 4.69) is 26.6 Å². The second-order valence-electron chi connectivity index (χ2n) is 5.32. The maximum atomic E-state index is 13.1. The molecule has 1 unspecified atom stereocenters. The van der Waals surface area contributed by atoms with Gasteiger partial charge in [0.25, 0.3) is 0 Å². The minimum atomic E-state index is -0.969. The summed E-state index contributed by atoms with van der Waals surface area (Å²) >= 11 is 3.40. The Morgan fingerprint density at radius 1 is 1.26 bits per heavy atom. The molecule has 23 heavy (non-hydrogen) atoms. The van der Waals surface area contributed by atoms with Crippen molar-refractivity contribution in [3.8, 4) is 0 Å². The lowest BCUT2D eigenvalue weighted by Crippen LogP contribution is -2.32. The molecule has 0 aromatic heterocycles. The molecule has 2 amide bonds. The lowest BCUT2D eigenvalue weighted by atomic mass is 10.1. The molecule has 0 saturated heterocycles. The van der Waals surface area contributed by atoms with E-state index in [4.69, 9.17) is 0 Å². The summed E-state index contributed by atoms with van der Waals surface area (Å²) in [5, 5.41) is 15.3. The molecule has 2 aromatic carbocycles. The van der Waals surface area contributed by atoms with Gasteiger partial charge in [0.05, 0.1) is 6.10 Å². The normalized spacial score (nSPS) is 11.9. The second-order valence-corrected chi connectivity index (χ2v) is 6.24. The molecule has 0 fully saturated rings. The maximum absolute atomic E-state index is 13.1. The van der Waals surface area contributed by atoms with Gasteiger partial charge in [-0.05, 0) is 54.8 Å². The first-order chi connectivity index (χ1) is 10.9. The standard InChI is InChI=1S/C17H18BrFN2O2/c1-10-6-13(18)7-11(2)16(10)21-17(23)20-9-15(22)12-4-3-5-14(19)8-12/h3-8,15,22H,9H2,1-2H3,(H2,20,21,23). The summed E-state index contributed by atoms with van der Waals surface area (Å²) in [5.41, 5.74) is 3.00. The van der Waals surface area contributed by atoms with Gasteiger partial charge >= 0.3 is 6.03 Å². The molecule has 0 radical (unpaired) electrons. The SMILES string of the molecule is Cc1cc(Br)cc(C)c1NC(=O)NCC(O)c1cccc(F)c1. The van der Waals surface area contributed by atoms with E-state index < -0.39 is 18.0 Å². The Hall–Kier alpha value is -1.92. The van der Waals surface area contributed by atoms with Crippen LogP contribution in [0, 0.1) is 19.7 Å². The third-order valence-electron chi connectivity index (χ3n) is 3.43.